The molecule has 0 spiro atoms. The second-order valence-electron chi connectivity index (χ2n) is 5.84. The van der Waals surface area contributed by atoms with Gasteiger partial charge >= 0.3 is 0 Å². The fourth-order valence-electron chi connectivity index (χ4n) is 2.26. The van der Waals surface area contributed by atoms with E-state index in [1.807, 2.05) is 18.4 Å². The zero-order chi connectivity index (χ0) is 20.1. The van der Waals surface area contributed by atoms with Crippen LogP contribution in [0.2, 0.25) is 5.02 Å². The minimum absolute atomic E-state index is 0.112. The number of carbonyl (C=O) groups is 1. The van der Waals surface area contributed by atoms with Crippen molar-refractivity contribution in [1.82, 2.24) is 19.7 Å². The van der Waals surface area contributed by atoms with Crippen LogP contribution in [0.25, 0.3) is 0 Å². The zero-order valence-corrected chi connectivity index (χ0v) is 17.5. The average Bonchev–Trinajstić information content (AvgIpc) is 3.26. The number of thioether (sulfide) groups is 1. The van der Waals surface area contributed by atoms with Crippen molar-refractivity contribution in [2.45, 2.75) is 24.6 Å². The molecule has 7 nitrogen and oxygen atoms in total. The van der Waals surface area contributed by atoms with Crippen LogP contribution in [0.4, 0.5) is 0 Å². The SMILES string of the molecule is Cc1csc([C@H](C#N)C(=O)CSc2nnc(COc3ccc(Cl)cc3)n2C)n1. The van der Waals surface area contributed by atoms with Crippen molar-refractivity contribution in [3.05, 3.63) is 51.2 Å². The number of rotatable bonds is 8. The Morgan fingerprint density at radius 1 is 1.39 bits per heavy atom. The Bertz CT molecular complexity index is 1010. The molecule has 10 heteroatoms. The highest BCUT2D eigenvalue weighted by Crippen LogP contribution is 2.24. The Balaban J connectivity index is 1.58. The van der Waals surface area contributed by atoms with Gasteiger partial charge in [-0.2, -0.15) is 5.26 Å². The summed E-state index contributed by atoms with van der Waals surface area (Å²) in [7, 11) is 1.80. The monoisotopic (exact) mass is 433 g/mol. The Labute approximate surface area is 175 Å². The summed E-state index contributed by atoms with van der Waals surface area (Å²) >= 11 is 8.42. The molecule has 3 rings (SSSR count). The first kappa shape index (κ1) is 20.3. The standard InChI is InChI=1S/C18H16ClN5O2S2/c1-11-9-27-17(21-11)14(7-20)15(25)10-28-18-23-22-16(24(18)2)8-26-13-5-3-12(19)4-6-13/h3-6,9,14H,8,10H2,1-2H3/t14-/m1/s1. The quantitative estimate of drug-likeness (QED) is 0.499. The van der Waals surface area contributed by atoms with E-state index in [1.54, 1.807) is 35.9 Å². The number of hydrogen-bond donors (Lipinski definition) is 0. The van der Waals surface area contributed by atoms with Gasteiger partial charge in [0.1, 0.15) is 17.4 Å². The minimum atomic E-state index is -0.855. The van der Waals surface area contributed by atoms with Crippen molar-refractivity contribution in [3.8, 4) is 11.8 Å². The largest absolute Gasteiger partial charge is 0.486 e. The topological polar surface area (TPSA) is 93.7 Å². The molecule has 2 heterocycles. The summed E-state index contributed by atoms with van der Waals surface area (Å²) in [5, 5.41) is 21.1. The lowest BCUT2D eigenvalue weighted by Crippen LogP contribution is -2.13. The van der Waals surface area contributed by atoms with Crippen LogP contribution in [0.5, 0.6) is 5.75 Å². The van der Waals surface area contributed by atoms with Crippen molar-refractivity contribution >= 4 is 40.5 Å². The van der Waals surface area contributed by atoms with E-state index in [-0.39, 0.29) is 18.1 Å². The van der Waals surface area contributed by atoms with E-state index in [0.29, 0.717) is 26.8 Å². The maximum absolute atomic E-state index is 12.4. The normalized spacial score (nSPS) is 11.8. The van der Waals surface area contributed by atoms with E-state index in [2.05, 4.69) is 15.2 Å². The van der Waals surface area contributed by atoms with Gasteiger partial charge in [0.15, 0.2) is 22.7 Å². The number of aromatic nitrogens is 4. The van der Waals surface area contributed by atoms with Crippen LogP contribution in [0.1, 0.15) is 22.4 Å². The third kappa shape index (κ3) is 4.90. The lowest BCUT2D eigenvalue weighted by atomic mass is 10.1. The third-order valence-corrected chi connectivity index (χ3v) is 6.11. The number of carbonyl (C=O) groups excluding carboxylic acids is 1. The second-order valence-corrected chi connectivity index (χ2v) is 8.11. The van der Waals surface area contributed by atoms with Gasteiger partial charge in [-0.15, -0.1) is 21.5 Å². The Hall–Kier alpha value is -2.41. The molecular formula is C18H16ClN5O2S2. The molecule has 0 aliphatic rings. The fraction of sp³-hybridized carbons (Fsp3) is 0.278. The summed E-state index contributed by atoms with van der Waals surface area (Å²) in [5.41, 5.74) is 0.805. The molecule has 0 N–H and O–H groups in total. The molecule has 2 aromatic heterocycles. The molecule has 0 fully saturated rings. The molecule has 1 aromatic carbocycles. The molecule has 0 saturated carbocycles. The molecule has 0 aliphatic carbocycles. The summed E-state index contributed by atoms with van der Waals surface area (Å²) < 4.78 is 7.44. The predicted octanol–water partition coefficient (Wildman–Crippen LogP) is 3.78. The number of nitriles is 1. The number of halogens is 1. The van der Waals surface area contributed by atoms with Crippen LogP contribution >= 0.6 is 34.7 Å². The minimum Gasteiger partial charge on any atom is -0.486 e. The van der Waals surface area contributed by atoms with Crippen molar-refractivity contribution < 1.29 is 9.53 Å². The van der Waals surface area contributed by atoms with Crippen molar-refractivity contribution in [1.29, 1.82) is 5.26 Å². The number of benzene rings is 1. The Kier molecular flexibility index (Phi) is 6.67. The number of aryl methyl sites for hydroxylation is 1. The number of nitrogens with zero attached hydrogens (tertiary/aromatic N) is 5. The van der Waals surface area contributed by atoms with Crippen LogP contribution in [0.3, 0.4) is 0 Å². The van der Waals surface area contributed by atoms with Crippen molar-refractivity contribution in [2.24, 2.45) is 7.05 Å². The first-order valence-corrected chi connectivity index (χ1v) is 10.5. The van der Waals surface area contributed by atoms with Crippen molar-refractivity contribution in [2.75, 3.05) is 5.75 Å². The predicted molar refractivity (Wildman–Crippen MR) is 108 cm³/mol. The van der Waals surface area contributed by atoms with Gasteiger partial charge in [-0.1, -0.05) is 23.4 Å². The van der Waals surface area contributed by atoms with Crippen LogP contribution in [0.15, 0.2) is 34.8 Å². The molecule has 0 bridgehead atoms. The van der Waals surface area contributed by atoms with Gasteiger partial charge in [-0.25, -0.2) is 4.98 Å². The van der Waals surface area contributed by atoms with Gasteiger partial charge in [0.25, 0.3) is 0 Å². The maximum atomic E-state index is 12.4. The highest BCUT2D eigenvalue weighted by molar-refractivity contribution is 7.99. The van der Waals surface area contributed by atoms with Crippen LogP contribution in [0, 0.1) is 18.3 Å². The second kappa shape index (κ2) is 9.19. The summed E-state index contributed by atoms with van der Waals surface area (Å²) in [6, 6.07) is 9.08. The van der Waals surface area contributed by atoms with E-state index in [9.17, 15) is 10.1 Å². The van der Waals surface area contributed by atoms with Gasteiger partial charge in [-0.3, -0.25) is 4.79 Å². The number of thiazole rings is 1. The van der Waals surface area contributed by atoms with E-state index in [1.165, 1.54) is 23.1 Å². The van der Waals surface area contributed by atoms with Gasteiger partial charge < -0.3 is 9.30 Å². The Morgan fingerprint density at radius 3 is 2.79 bits per heavy atom. The molecule has 0 aliphatic heterocycles. The van der Waals surface area contributed by atoms with Crippen molar-refractivity contribution in [3.63, 3.8) is 0 Å². The number of ketones is 1. The molecule has 0 radical (unpaired) electrons. The maximum Gasteiger partial charge on any atom is 0.191 e. The lowest BCUT2D eigenvalue weighted by molar-refractivity contribution is -0.116. The number of ether oxygens (including phenoxy) is 1. The van der Waals surface area contributed by atoms with Gasteiger partial charge in [-0.05, 0) is 31.2 Å². The average molecular weight is 434 g/mol. The summed E-state index contributed by atoms with van der Waals surface area (Å²) in [6.45, 7) is 2.07. The van der Waals surface area contributed by atoms with Gasteiger partial charge in [0.2, 0.25) is 0 Å². The van der Waals surface area contributed by atoms with Crippen LogP contribution in [-0.4, -0.2) is 31.3 Å². The van der Waals surface area contributed by atoms with E-state index in [0.717, 1.165) is 5.69 Å². The van der Waals surface area contributed by atoms with E-state index < -0.39 is 5.92 Å². The van der Waals surface area contributed by atoms with E-state index in [4.69, 9.17) is 16.3 Å². The van der Waals surface area contributed by atoms with Gasteiger partial charge in [0.05, 0.1) is 11.8 Å². The molecule has 1 atom stereocenters. The highest BCUT2D eigenvalue weighted by Gasteiger charge is 2.24. The summed E-state index contributed by atoms with van der Waals surface area (Å²) in [5.74, 6) is 0.349. The zero-order valence-electron chi connectivity index (χ0n) is 15.1. The van der Waals surface area contributed by atoms with E-state index >= 15 is 0 Å². The lowest BCUT2D eigenvalue weighted by Gasteiger charge is -2.07. The van der Waals surface area contributed by atoms with Crippen LogP contribution in [-0.2, 0) is 18.4 Å². The highest BCUT2D eigenvalue weighted by atomic mass is 35.5. The van der Waals surface area contributed by atoms with Crippen LogP contribution < -0.4 is 4.74 Å². The third-order valence-electron chi connectivity index (χ3n) is 3.78. The molecule has 28 heavy (non-hydrogen) atoms. The first-order valence-electron chi connectivity index (χ1n) is 8.21. The molecule has 0 unspecified atom stereocenters. The summed E-state index contributed by atoms with van der Waals surface area (Å²) in [4.78, 5) is 16.7. The summed E-state index contributed by atoms with van der Waals surface area (Å²) in [6.07, 6.45) is 0. The van der Waals surface area contributed by atoms with Gasteiger partial charge in [0, 0.05) is 23.1 Å². The smallest absolute Gasteiger partial charge is 0.191 e. The number of hydrogen-bond acceptors (Lipinski definition) is 8. The Morgan fingerprint density at radius 2 is 2.14 bits per heavy atom. The number of Topliss-reactive ketones (excluding diaryl/α,β-unsaturated/α-hetero) is 1. The molecular weight excluding hydrogens is 418 g/mol. The molecule has 0 amide bonds. The molecule has 144 valence electrons. The molecule has 0 saturated heterocycles. The first-order chi connectivity index (χ1) is 13.5. The fourth-order valence-corrected chi connectivity index (χ4v) is 4.09. The molecule has 3 aromatic rings.